The van der Waals surface area contributed by atoms with Gasteiger partial charge in [-0.1, -0.05) is 113 Å². The second kappa shape index (κ2) is 14.4. The number of nitrogens with zero attached hydrogens (tertiary/aromatic N) is 2. The number of aryl methyl sites for hydroxylation is 8. The van der Waals surface area contributed by atoms with Crippen molar-refractivity contribution in [3.05, 3.63) is 189 Å². The monoisotopic (exact) mass is 676 g/mol. The maximum Gasteiger partial charge on any atom is 0.0491 e. The van der Waals surface area contributed by atoms with Crippen LogP contribution in [-0.4, -0.2) is 0 Å². The molecule has 0 aliphatic carbocycles. The van der Waals surface area contributed by atoms with Gasteiger partial charge < -0.3 is 9.80 Å². The summed E-state index contributed by atoms with van der Waals surface area (Å²) in [6.07, 6.45) is 4.42. The van der Waals surface area contributed by atoms with Gasteiger partial charge in [0, 0.05) is 34.1 Å². The highest BCUT2D eigenvalue weighted by atomic mass is 15.2. The maximum atomic E-state index is 2.40. The Hall–Kier alpha value is -5.86. The van der Waals surface area contributed by atoms with Crippen molar-refractivity contribution < 1.29 is 0 Å². The molecule has 0 saturated carbocycles. The van der Waals surface area contributed by atoms with E-state index < -0.39 is 0 Å². The normalized spacial score (nSPS) is 11.4. The van der Waals surface area contributed by atoms with Crippen LogP contribution in [0.4, 0.5) is 34.1 Å². The van der Waals surface area contributed by atoms with E-state index >= 15 is 0 Å². The highest BCUT2D eigenvalue weighted by molar-refractivity contribution is 5.92. The molecule has 0 atom stereocenters. The fraction of sp³-hybridized carbons (Fsp3) is 0.160. The topological polar surface area (TPSA) is 6.48 Å². The zero-order valence-electron chi connectivity index (χ0n) is 31.8. The summed E-state index contributed by atoms with van der Waals surface area (Å²) in [4.78, 5) is 4.79. The van der Waals surface area contributed by atoms with E-state index in [9.17, 15) is 0 Å². The Morgan fingerprint density at radius 3 is 1.10 bits per heavy atom. The standard InChI is InChI=1S/C50H48N2/c1-33-9-23-47(37(5)27-33)51(48-24-10-34(2)28-38(48)6)45-20-16-41(17-21-45)13-14-42-15-18-44-32-46(22-19-43(44)31-42)52(49-25-11-35(3)29-39(49)7)50-26-12-36(4)30-40(50)8/h9-32H,1-8H3. The molecule has 7 aromatic rings. The van der Waals surface area contributed by atoms with Crippen molar-refractivity contribution in [2.75, 3.05) is 9.80 Å². The zero-order chi connectivity index (χ0) is 36.5. The van der Waals surface area contributed by atoms with E-state index in [0.29, 0.717) is 0 Å². The molecule has 0 N–H and O–H groups in total. The minimum atomic E-state index is 1.15. The number of rotatable bonds is 8. The van der Waals surface area contributed by atoms with E-state index in [4.69, 9.17) is 0 Å². The number of hydrogen-bond donors (Lipinski definition) is 0. The van der Waals surface area contributed by atoms with Gasteiger partial charge in [-0.3, -0.25) is 0 Å². The predicted octanol–water partition coefficient (Wildman–Crippen LogP) is 14.4. The van der Waals surface area contributed by atoms with E-state index in [1.807, 2.05) is 0 Å². The third-order valence-corrected chi connectivity index (χ3v) is 10.1. The first-order valence-electron chi connectivity index (χ1n) is 18.3. The van der Waals surface area contributed by atoms with Gasteiger partial charge in [0.15, 0.2) is 0 Å². The minimum Gasteiger partial charge on any atom is -0.310 e. The molecule has 52 heavy (non-hydrogen) atoms. The van der Waals surface area contributed by atoms with Gasteiger partial charge in [-0.05, 0) is 154 Å². The molecule has 2 nitrogen and oxygen atoms in total. The summed E-state index contributed by atoms with van der Waals surface area (Å²) in [6.45, 7) is 17.4. The lowest BCUT2D eigenvalue weighted by Crippen LogP contribution is -2.13. The van der Waals surface area contributed by atoms with Crippen molar-refractivity contribution in [3.8, 4) is 0 Å². The number of fused-ring (bicyclic) bond motifs is 1. The van der Waals surface area contributed by atoms with Gasteiger partial charge in [-0.25, -0.2) is 0 Å². The molecule has 0 spiro atoms. The fourth-order valence-corrected chi connectivity index (χ4v) is 7.46. The summed E-state index contributed by atoms with van der Waals surface area (Å²) in [5, 5.41) is 2.44. The molecule has 0 aliphatic heterocycles. The molecule has 0 fully saturated rings. The van der Waals surface area contributed by atoms with Crippen LogP contribution in [0.2, 0.25) is 0 Å². The second-order valence-electron chi connectivity index (χ2n) is 14.5. The summed E-state index contributed by atoms with van der Waals surface area (Å²) in [5.41, 5.74) is 19.6. The highest BCUT2D eigenvalue weighted by Crippen LogP contribution is 2.41. The Morgan fingerprint density at radius 2 is 0.654 bits per heavy atom. The Bertz CT molecular complexity index is 2340. The zero-order valence-corrected chi connectivity index (χ0v) is 31.8. The molecule has 0 heterocycles. The summed E-state index contributed by atoms with van der Waals surface area (Å²) in [5.74, 6) is 0. The summed E-state index contributed by atoms with van der Waals surface area (Å²) < 4.78 is 0. The predicted molar refractivity (Wildman–Crippen MR) is 227 cm³/mol. The van der Waals surface area contributed by atoms with Gasteiger partial charge in [0.05, 0.1) is 0 Å². The Balaban J connectivity index is 1.18. The van der Waals surface area contributed by atoms with Crippen molar-refractivity contribution in [2.24, 2.45) is 0 Å². The van der Waals surface area contributed by atoms with E-state index in [-0.39, 0.29) is 0 Å². The summed E-state index contributed by atoms with van der Waals surface area (Å²) in [7, 11) is 0. The first-order valence-corrected chi connectivity index (χ1v) is 18.3. The first-order chi connectivity index (χ1) is 25.0. The van der Waals surface area contributed by atoms with Crippen molar-refractivity contribution in [2.45, 2.75) is 55.4 Å². The molecule has 7 aromatic carbocycles. The lowest BCUT2D eigenvalue weighted by molar-refractivity contribution is 1.21. The van der Waals surface area contributed by atoms with Crippen molar-refractivity contribution in [1.29, 1.82) is 0 Å². The SMILES string of the molecule is Cc1ccc(N(c2ccc(C=Cc3ccc4cc(N(c5ccc(C)cc5C)c5ccc(C)cc5C)ccc4c3)cc2)c2ccc(C)cc2C)c(C)c1. The molecular weight excluding hydrogens is 629 g/mol. The fourth-order valence-electron chi connectivity index (χ4n) is 7.46. The Kier molecular flexibility index (Phi) is 9.58. The second-order valence-corrected chi connectivity index (χ2v) is 14.5. The van der Waals surface area contributed by atoms with Crippen LogP contribution in [0.25, 0.3) is 22.9 Å². The average molecular weight is 677 g/mol. The molecule has 0 aromatic heterocycles. The van der Waals surface area contributed by atoms with Crippen LogP contribution in [0.1, 0.15) is 55.6 Å². The lowest BCUT2D eigenvalue weighted by Gasteiger charge is -2.29. The third-order valence-electron chi connectivity index (χ3n) is 10.1. The quantitative estimate of drug-likeness (QED) is 0.148. The van der Waals surface area contributed by atoms with Crippen molar-refractivity contribution >= 4 is 57.0 Å². The van der Waals surface area contributed by atoms with E-state index in [1.165, 1.54) is 83.6 Å². The summed E-state index contributed by atoms with van der Waals surface area (Å²) >= 11 is 0. The minimum absolute atomic E-state index is 1.15. The van der Waals surface area contributed by atoms with Crippen LogP contribution in [0, 0.1) is 55.4 Å². The number of hydrogen-bond acceptors (Lipinski definition) is 2. The van der Waals surface area contributed by atoms with Gasteiger partial charge in [0.25, 0.3) is 0 Å². The van der Waals surface area contributed by atoms with E-state index in [0.717, 1.165) is 16.9 Å². The molecule has 7 rings (SSSR count). The van der Waals surface area contributed by atoms with Gasteiger partial charge in [0.1, 0.15) is 0 Å². The van der Waals surface area contributed by atoms with Crippen LogP contribution in [-0.2, 0) is 0 Å². The van der Waals surface area contributed by atoms with E-state index in [1.54, 1.807) is 0 Å². The lowest BCUT2D eigenvalue weighted by atomic mass is 10.0. The van der Waals surface area contributed by atoms with Crippen molar-refractivity contribution in [1.82, 2.24) is 0 Å². The average Bonchev–Trinajstić information content (AvgIpc) is 3.11. The highest BCUT2D eigenvalue weighted by Gasteiger charge is 2.18. The molecule has 0 aliphatic rings. The Labute approximate surface area is 310 Å². The largest absolute Gasteiger partial charge is 0.310 e. The number of benzene rings is 7. The van der Waals surface area contributed by atoms with Gasteiger partial charge in [-0.2, -0.15) is 0 Å². The third kappa shape index (κ3) is 7.16. The smallest absolute Gasteiger partial charge is 0.0491 e. The van der Waals surface area contributed by atoms with Crippen LogP contribution in [0.5, 0.6) is 0 Å². The molecule has 0 saturated heterocycles. The molecule has 0 radical (unpaired) electrons. The molecule has 2 heteroatoms. The van der Waals surface area contributed by atoms with Crippen LogP contribution >= 0.6 is 0 Å². The van der Waals surface area contributed by atoms with Gasteiger partial charge in [0.2, 0.25) is 0 Å². The molecule has 258 valence electrons. The van der Waals surface area contributed by atoms with Gasteiger partial charge >= 0.3 is 0 Å². The van der Waals surface area contributed by atoms with Crippen LogP contribution in [0.15, 0.2) is 133 Å². The maximum absolute atomic E-state index is 2.40. The molecule has 0 unspecified atom stereocenters. The first kappa shape index (κ1) is 34.6. The van der Waals surface area contributed by atoms with Crippen LogP contribution < -0.4 is 9.80 Å². The van der Waals surface area contributed by atoms with Crippen LogP contribution in [0.3, 0.4) is 0 Å². The van der Waals surface area contributed by atoms with E-state index in [2.05, 4.69) is 211 Å². The van der Waals surface area contributed by atoms with Gasteiger partial charge in [-0.15, -0.1) is 0 Å². The Morgan fingerprint density at radius 1 is 0.308 bits per heavy atom. The number of anilines is 6. The molecular formula is C50H48N2. The summed E-state index contributed by atoms with van der Waals surface area (Å²) in [6, 6.07) is 49.3. The molecule has 0 amide bonds. The molecule has 0 bridgehead atoms. The van der Waals surface area contributed by atoms with Crippen molar-refractivity contribution in [3.63, 3.8) is 0 Å².